The highest BCUT2D eigenvalue weighted by Gasteiger charge is 2.65. The van der Waals surface area contributed by atoms with Crippen molar-refractivity contribution in [2.45, 2.75) is 24.8 Å². The average Bonchev–Trinajstić information content (AvgIpc) is 2.97. The summed E-state index contributed by atoms with van der Waals surface area (Å²) in [6.45, 7) is 1.72. The molecule has 0 radical (unpaired) electrons. The summed E-state index contributed by atoms with van der Waals surface area (Å²) < 4.78 is 10.1. The largest absolute Gasteiger partial charge is 0.497 e. The number of carbonyl (C=O) groups is 1. The number of carbonyl (C=O) groups excluding carboxylic acids is 1. The molecule has 1 fully saturated rings. The summed E-state index contributed by atoms with van der Waals surface area (Å²) in [4.78, 5) is 16.0. The van der Waals surface area contributed by atoms with Crippen molar-refractivity contribution in [1.29, 1.82) is 0 Å². The third-order valence-corrected chi connectivity index (χ3v) is 3.40. The van der Waals surface area contributed by atoms with Crippen molar-refractivity contribution in [3.8, 4) is 5.75 Å². The monoisotopic (exact) mass is 231 g/mol. The zero-order valence-corrected chi connectivity index (χ0v) is 9.77. The van der Waals surface area contributed by atoms with Crippen LogP contribution in [0.4, 0.5) is 0 Å². The molecule has 1 aromatic carbocycles. The van der Waals surface area contributed by atoms with E-state index in [1.54, 1.807) is 14.0 Å². The Bertz CT molecular complexity index is 506. The second kappa shape index (κ2) is 3.32. The summed E-state index contributed by atoms with van der Waals surface area (Å²) in [5.41, 5.74) is 0.486. The Morgan fingerprint density at radius 1 is 1.41 bits per heavy atom. The Morgan fingerprint density at radius 2 is 2.12 bits per heavy atom. The third-order valence-electron chi connectivity index (χ3n) is 3.40. The molecular formula is C13H13NO3. The standard InChI is InChI=1S/C13H13NO3/c1-8-14-13(12(15)17-8)7-11(13)9-3-5-10(16-2)6-4-9/h3-6,11H,7H2,1-2H3/t11-,13-/m1/s1. The molecule has 1 aromatic rings. The first-order valence-corrected chi connectivity index (χ1v) is 5.58. The van der Waals surface area contributed by atoms with Crippen LogP contribution < -0.4 is 4.74 Å². The molecule has 0 aromatic heterocycles. The van der Waals surface area contributed by atoms with Gasteiger partial charge in [-0.05, 0) is 24.1 Å². The van der Waals surface area contributed by atoms with Gasteiger partial charge in [0.05, 0.1) is 7.11 Å². The Balaban J connectivity index is 1.86. The van der Waals surface area contributed by atoms with Crippen molar-refractivity contribution in [3.05, 3.63) is 29.8 Å². The van der Waals surface area contributed by atoms with Crippen molar-refractivity contribution >= 4 is 11.9 Å². The fourth-order valence-electron chi connectivity index (χ4n) is 2.40. The summed E-state index contributed by atoms with van der Waals surface area (Å²) in [5, 5.41) is 0. The molecule has 0 unspecified atom stereocenters. The van der Waals surface area contributed by atoms with Crippen LogP contribution in [0.5, 0.6) is 5.75 Å². The summed E-state index contributed by atoms with van der Waals surface area (Å²) in [5.74, 6) is 1.23. The predicted octanol–water partition coefficient (Wildman–Crippen LogP) is 1.90. The Morgan fingerprint density at radius 3 is 2.65 bits per heavy atom. The van der Waals surface area contributed by atoms with E-state index < -0.39 is 5.54 Å². The van der Waals surface area contributed by atoms with Gasteiger partial charge in [0, 0.05) is 12.8 Å². The van der Waals surface area contributed by atoms with E-state index in [1.807, 2.05) is 24.3 Å². The van der Waals surface area contributed by atoms with Crippen LogP contribution in [0.2, 0.25) is 0 Å². The van der Waals surface area contributed by atoms with Crippen molar-refractivity contribution < 1.29 is 14.3 Å². The maximum Gasteiger partial charge on any atom is 0.341 e. The van der Waals surface area contributed by atoms with Gasteiger partial charge >= 0.3 is 5.97 Å². The van der Waals surface area contributed by atoms with Gasteiger partial charge in [0.1, 0.15) is 5.75 Å². The van der Waals surface area contributed by atoms with Gasteiger partial charge in [0.15, 0.2) is 11.4 Å². The second-order valence-electron chi connectivity index (χ2n) is 4.47. The first kappa shape index (κ1) is 10.3. The fraction of sp³-hybridized carbons (Fsp3) is 0.385. The molecule has 1 spiro atoms. The van der Waals surface area contributed by atoms with E-state index >= 15 is 0 Å². The van der Waals surface area contributed by atoms with Crippen molar-refractivity contribution in [1.82, 2.24) is 0 Å². The van der Waals surface area contributed by atoms with Crippen LogP contribution in [0.1, 0.15) is 24.8 Å². The molecule has 88 valence electrons. The van der Waals surface area contributed by atoms with Crippen LogP contribution in [0, 0.1) is 0 Å². The molecule has 1 heterocycles. The SMILES string of the molecule is COc1ccc([C@H]2C[C@@]23N=C(C)OC3=O)cc1. The molecule has 3 rings (SSSR count). The van der Waals surface area contributed by atoms with E-state index in [9.17, 15) is 4.79 Å². The zero-order chi connectivity index (χ0) is 12.0. The number of esters is 1. The maximum absolute atomic E-state index is 11.7. The minimum Gasteiger partial charge on any atom is -0.497 e. The number of benzene rings is 1. The normalized spacial score (nSPS) is 30.1. The molecule has 0 N–H and O–H groups in total. The van der Waals surface area contributed by atoms with E-state index in [4.69, 9.17) is 9.47 Å². The molecule has 0 saturated heterocycles. The lowest BCUT2D eigenvalue weighted by molar-refractivity contribution is -0.136. The highest BCUT2D eigenvalue weighted by molar-refractivity contribution is 6.02. The molecule has 0 bridgehead atoms. The van der Waals surface area contributed by atoms with Crippen molar-refractivity contribution in [2.24, 2.45) is 4.99 Å². The molecular weight excluding hydrogens is 218 g/mol. The number of nitrogens with zero attached hydrogens (tertiary/aromatic N) is 1. The van der Waals surface area contributed by atoms with E-state index in [0.29, 0.717) is 5.90 Å². The summed E-state index contributed by atoms with van der Waals surface area (Å²) >= 11 is 0. The summed E-state index contributed by atoms with van der Waals surface area (Å²) in [6.07, 6.45) is 0.746. The van der Waals surface area contributed by atoms with Gasteiger partial charge in [-0.3, -0.25) is 0 Å². The van der Waals surface area contributed by atoms with E-state index in [2.05, 4.69) is 4.99 Å². The van der Waals surface area contributed by atoms with E-state index in [0.717, 1.165) is 17.7 Å². The number of hydrogen-bond donors (Lipinski definition) is 0. The van der Waals surface area contributed by atoms with Gasteiger partial charge in [-0.25, -0.2) is 9.79 Å². The Labute approximate surface area is 99.3 Å². The molecule has 2 atom stereocenters. The van der Waals surface area contributed by atoms with Gasteiger partial charge in [0.2, 0.25) is 0 Å². The number of methoxy groups -OCH3 is 1. The quantitative estimate of drug-likeness (QED) is 0.730. The van der Waals surface area contributed by atoms with E-state index in [-0.39, 0.29) is 11.9 Å². The first-order valence-electron chi connectivity index (χ1n) is 5.58. The number of cyclic esters (lactones) is 1. The maximum atomic E-state index is 11.7. The lowest BCUT2D eigenvalue weighted by Gasteiger charge is -2.04. The molecule has 4 heteroatoms. The molecule has 4 nitrogen and oxygen atoms in total. The van der Waals surface area contributed by atoms with Gasteiger partial charge in [-0.2, -0.15) is 0 Å². The van der Waals surface area contributed by atoms with E-state index in [1.165, 1.54) is 0 Å². The topological polar surface area (TPSA) is 47.9 Å². The van der Waals surface area contributed by atoms with Crippen LogP contribution in [-0.2, 0) is 9.53 Å². The highest BCUT2D eigenvalue weighted by atomic mass is 16.6. The van der Waals surface area contributed by atoms with Crippen LogP contribution in [0.3, 0.4) is 0 Å². The van der Waals surface area contributed by atoms with Crippen LogP contribution in [0.15, 0.2) is 29.3 Å². The first-order chi connectivity index (χ1) is 8.15. The number of aliphatic imine (C=N–C) groups is 1. The Kier molecular flexibility index (Phi) is 2.02. The zero-order valence-electron chi connectivity index (χ0n) is 9.77. The van der Waals surface area contributed by atoms with Crippen LogP contribution in [-0.4, -0.2) is 24.5 Å². The number of rotatable bonds is 2. The molecule has 17 heavy (non-hydrogen) atoms. The van der Waals surface area contributed by atoms with Gasteiger partial charge in [-0.1, -0.05) is 12.1 Å². The van der Waals surface area contributed by atoms with Gasteiger partial charge in [0.25, 0.3) is 0 Å². The number of ether oxygens (including phenoxy) is 2. The van der Waals surface area contributed by atoms with Gasteiger partial charge < -0.3 is 9.47 Å². The van der Waals surface area contributed by atoms with Gasteiger partial charge in [-0.15, -0.1) is 0 Å². The minimum absolute atomic E-state index is 0.151. The molecule has 1 aliphatic carbocycles. The predicted molar refractivity (Wildman–Crippen MR) is 62.3 cm³/mol. The summed E-state index contributed by atoms with van der Waals surface area (Å²) in [7, 11) is 1.63. The lowest BCUT2D eigenvalue weighted by Crippen LogP contribution is -2.18. The smallest absolute Gasteiger partial charge is 0.341 e. The molecule has 1 saturated carbocycles. The summed E-state index contributed by atoms with van der Waals surface area (Å²) in [6, 6.07) is 7.76. The highest BCUT2D eigenvalue weighted by Crippen LogP contribution is 2.57. The molecule has 2 aliphatic rings. The average molecular weight is 231 g/mol. The van der Waals surface area contributed by atoms with Crippen molar-refractivity contribution in [2.75, 3.05) is 7.11 Å². The second-order valence-corrected chi connectivity index (χ2v) is 4.47. The fourth-order valence-corrected chi connectivity index (χ4v) is 2.40. The van der Waals surface area contributed by atoms with Crippen LogP contribution in [0.25, 0.3) is 0 Å². The lowest BCUT2D eigenvalue weighted by atomic mass is 10.1. The minimum atomic E-state index is -0.626. The third kappa shape index (κ3) is 1.44. The van der Waals surface area contributed by atoms with Crippen LogP contribution >= 0.6 is 0 Å². The van der Waals surface area contributed by atoms with Crippen molar-refractivity contribution in [3.63, 3.8) is 0 Å². The number of hydrogen-bond acceptors (Lipinski definition) is 4. The molecule has 1 aliphatic heterocycles. The Hall–Kier alpha value is -1.84. The molecule has 0 amide bonds.